The maximum absolute atomic E-state index is 12.9. The Balaban J connectivity index is 1.52. The van der Waals surface area contributed by atoms with Crippen molar-refractivity contribution in [1.82, 2.24) is 25.5 Å². The summed E-state index contributed by atoms with van der Waals surface area (Å²) in [5, 5.41) is 16.3. The Morgan fingerprint density at radius 1 is 1.06 bits per heavy atom. The Morgan fingerprint density at radius 3 is 2.55 bits per heavy atom. The maximum Gasteiger partial charge on any atom is 0.251 e. The smallest absolute Gasteiger partial charge is 0.251 e. The third kappa shape index (κ3) is 4.05. The summed E-state index contributed by atoms with van der Waals surface area (Å²) in [7, 11) is 0. The Morgan fingerprint density at radius 2 is 1.81 bits per heavy atom. The Bertz CT molecular complexity index is 1090. The Kier molecular flexibility index (Phi) is 5.42. The molecule has 1 saturated carbocycles. The molecule has 31 heavy (non-hydrogen) atoms. The van der Waals surface area contributed by atoms with Gasteiger partial charge in [-0.05, 0) is 52.6 Å². The van der Waals surface area contributed by atoms with E-state index in [1.807, 2.05) is 59.5 Å². The number of benzene rings is 2. The molecule has 1 N–H and O–H groups in total. The summed E-state index contributed by atoms with van der Waals surface area (Å²) in [6.07, 6.45) is 6.54. The number of hydrogen-bond acceptors (Lipinski definition) is 5. The van der Waals surface area contributed by atoms with Crippen molar-refractivity contribution in [3.05, 3.63) is 76.8 Å². The van der Waals surface area contributed by atoms with Gasteiger partial charge in [-0.25, -0.2) is 0 Å². The number of anilines is 1. The average Bonchev–Trinajstić information content (AvgIpc) is 3.47. The van der Waals surface area contributed by atoms with Gasteiger partial charge in [-0.15, -0.1) is 0 Å². The molecule has 0 bridgehead atoms. The number of tetrazole rings is 1. The fourth-order valence-electron chi connectivity index (χ4n) is 4.37. The molecule has 2 aliphatic rings. The van der Waals surface area contributed by atoms with E-state index in [2.05, 4.69) is 26.9 Å². The number of nitrogens with zero attached hydrogens (tertiary/aromatic N) is 5. The minimum Gasteiger partial charge on any atom is -0.352 e. The maximum atomic E-state index is 12.9. The largest absolute Gasteiger partial charge is 0.352 e. The number of rotatable bonds is 5. The fraction of sp³-hybridized carbons (Fsp3) is 0.304. The number of fused-ring (bicyclic) bond motifs is 1. The van der Waals surface area contributed by atoms with Crippen LogP contribution in [0, 0.1) is 0 Å². The number of carbonyl (C=O) groups excluding carboxylic acids is 1. The van der Waals surface area contributed by atoms with E-state index >= 15 is 0 Å². The molecule has 1 unspecified atom stereocenters. The van der Waals surface area contributed by atoms with Gasteiger partial charge in [0.1, 0.15) is 12.6 Å². The van der Waals surface area contributed by atoms with E-state index in [0.29, 0.717) is 11.0 Å². The van der Waals surface area contributed by atoms with Crippen molar-refractivity contribution in [2.75, 3.05) is 11.4 Å². The third-order valence-corrected chi connectivity index (χ3v) is 6.14. The average molecular weight is 435 g/mol. The van der Waals surface area contributed by atoms with Crippen molar-refractivity contribution in [3.8, 4) is 0 Å². The van der Waals surface area contributed by atoms with E-state index in [1.165, 1.54) is 12.8 Å². The highest BCUT2D eigenvalue weighted by molar-refractivity contribution is 6.30. The number of nitrogens with one attached hydrogen (secondary N) is 1. The Hall–Kier alpha value is -3.19. The molecular weight excluding hydrogens is 412 g/mol. The summed E-state index contributed by atoms with van der Waals surface area (Å²) in [5.41, 5.74) is 2.93. The van der Waals surface area contributed by atoms with Crippen LogP contribution in [-0.4, -0.2) is 38.7 Å². The van der Waals surface area contributed by atoms with E-state index in [0.717, 1.165) is 29.7 Å². The number of aromatic nitrogens is 4. The van der Waals surface area contributed by atoms with Crippen LogP contribution in [-0.2, 0) is 4.79 Å². The first-order valence-electron chi connectivity index (χ1n) is 10.6. The lowest BCUT2D eigenvalue weighted by molar-refractivity contribution is -0.120. The summed E-state index contributed by atoms with van der Waals surface area (Å²) >= 11 is 6.09. The molecule has 1 aliphatic carbocycles. The van der Waals surface area contributed by atoms with Crippen LogP contribution in [0.25, 0.3) is 5.70 Å². The summed E-state index contributed by atoms with van der Waals surface area (Å²) in [4.78, 5) is 14.8. The zero-order chi connectivity index (χ0) is 21.2. The van der Waals surface area contributed by atoms with Crippen LogP contribution in [0.4, 0.5) is 5.95 Å². The molecule has 0 radical (unpaired) electrons. The number of halogens is 1. The summed E-state index contributed by atoms with van der Waals surface area (Å²) < 4.78 is 1.75. The molecule has 1 aliphatic heterocycles. The van der Waals surface area contributed by atoms with Gasteiger partial charge in [0.2, 0.25) is 5.91 Å². The quantitative estimate of drug-likeness (QED) is 0.660. The number of hydrogen-bond donors (Lipinski definition) is 1. The molecule has 1 aromatic heterocycles. The molecule has 2 aromatic carbocycles. The lowest BCUT2D eigenvalue weighted by Crippen LogP contribution is -2.42. The molecular formula is C23H23ClN6O. The van der Waals surface area contributed by atoms with Gasteiger partial charge >= 0.3 is 0 Å². The number of carbonyl (C=O) groups is 1. The van der Waals surface area contributed by atoms with Gasteiger partial charge in [0.05, 0.1) is 5.70 Å². The van der Waals surface area contributed by atoms with Crippen LogP contribution in [0.5, 0.6) is 0 Å². The molecule has 2 heterocycles. The Labute approximate surface area is 185 Å². The molecule has 5 rings (SSSR count). The lowest BCUT2D eigenvalue weighted by Gasteiger charge is -2.32. The summed E-state index contributed by atoms with van der Waals surface area (Å²) in [6, 6.07) is 17.7. The molecule has 3 aromatic rings. The summed E-state index contributed by atoms with van der Waals surface area (Å²) in [6.45, 7) is 0.158. The summed E-state index contributed by atoms with van der Waals surface area (Å²) in [5.74, 6) is 0.524. The molecule has 7 nitrogen and oxygen atoms in total. The molecule has 0 spiro atoms. The second-order valence-corrected chi connectivity index (χ2v) is 8.41. The minimum absolute atomic E-state index is 0.0202. The molecule has 1 fully saturated rings. The van der Waals surface area contributed by atoms with E-state index in [1.54, 1.807) is 4.68 Å². The molecule has 158 valence electrons. The van der Waals surface area contributed by atoms with Crippen molar-refractivity contribution < 1.29 is 4.79 Å². The number of amides is 1. The van der Waals surface area contributed by atoms with E-state index in [-0.39, 0.29) is 24.5 Å². The molecule has 1 amide bonds. The second-order valence-electron chi connectivity index (χ2n) is 7.97. The first kappa shape index (κ1) is 19.8. The highest BCUT2D eigenvalue weighted by Crippen LogP contribution is 2.36. The van der Waals surface area contributed by atoms with Gasteiger partial charge in [0, 0.05) is 11.1 Å². The van der Waals surface area contributed by atoms with E-state index in [9.17, 15) is 4.79 Å². The van der Waals surface area contributed by atoms with Crippen LogP contribution >= 0.6 is 11.6 Å². The van der Waals surface area contributed by atoms with Crippen LogP contribution in [0.1, 0.15) is 42.9 Å². The van der Waals surface area contributed by atoms with Crippen LogP contribution < -0.4 is 10.2 Å². The van der Waals surface area contributed by atoms with Gasteiger partial charge in [0.15, 0.2) is 0 Å². The van der Waals surface area contributed by atoms with Crippen LogP contribution in [0.15, 0.2) is 60.7 Å². The predicted octanol–water partition coefficient (Wildman–Crippen LogP) is 3.84. The van der Waals surface area contributed by atoms with Gasteiger partial charge in [-0.3, -0.25) is 9.69 Å². The highest BCUT2D eigenvalue weighted by Gasteiger charge is 2.32. The van der Waals surface area contributed by atoms with E-state index in [4.69, 9.17) is 11.6 Å². The normalized spacial score (nSPS) is 18.5. The van der Waals surface area contributed by atoms with Crippen molar-refractivity contribution in [1.29, 1.82) is 0 Å². The SMILES string of the molecule is O=C(CN1C(c2ccccc2)=CC(c2ccc(Cl)cc2)n2nnnc21)NC1CCCC1. The zero-order valence-electron chi connectivity index (χ0n) is 17.0. The zero-order valence-corrected chi connectivity index (χ0v) is 17.7. The van der Waals surface area contributed by atoms with Crippen molar-refractivity contribution in [2.24, 2.45) is 0 Å². The standard InChI is InChI=1S/C23H23ClN6O/c24-18-12-10-17(11-13-18)21-14-20(16-6-2-1-3-7-16)29(23-26-27-28-30(21)23)15-22(31)25-19-8-4-5-9-19/h1-3,6-7,10-14,19,21H,4-5,8-9,15H2,(H,25,31). The third-order valence-electron chi connectivity index (χ3n) is 5.89. The fourth-order valence-corrected chi connectivity index (χ4v) is 4.49. The molecule has 0 saturated heterocycles. The highest BCUT2D eigenvalue weighted by atomic mass is 35.5. The first-order chi connectivity index (χ1) is 15.2. The van der Waals surface area contributed by atoms with Crippen molar-refractivity contribution >= 4 is 29.2 Å². The van der Waals surface area contributed by atoms with E-state index < -0.39 is 0 Å². The monoisotopic (exact) mass is 434 g/mol. The van der Waals surface area contributed by atoms with Gasteiger partial charge < -0.3 is 5.32 Å². The molecule has 1 atom stereocenters. The molecule has 8 heteroatoms. The lowest BCUT2D eigenvalue weighted by atomic mass is 10.0. The second kappa shape index (κ2) is 8.51. The van der Waals surface area contributed by atoms with Crippen molar-refractivity contribution in [2.45, 2.75) is 37.8 Å². The van der Waals surface area contributed by atoms with Crippen molar-refractivity contribution in [3.63, 3.8) is 0 Å². The van der Waals surface area contributed by atoms with Gasteiger partial charge in [-0.1, -0.05) is 72.0 Å². The van der Waals surface area contributed by atoms with Gasteiger partial charge in [0.25, 0.3) is 5.95 Å². The van der Waals surface area contributed by atoms with Crippen LogP contribution in [0.2, 0.25) is 5.02 Å². The van der Waals surface area contributed by atoms with Crippen LogP contribution in [0.3, 0.4) is 0 Å². The number of allylic oxidation sites excluding steroid dienone is 1. The van der Waals surface area contributed by atoms with Gasteiger partial charge in [-0.2, -0.15) is 4.68 Å². The minimum atomic E-state index is -0.202. The topological polar surface area (TPSA) is 75.9 Å². The first-order valence-corrected chi connectivity index (χ1v) is 10.9. The predicted molar refractivity (Wildman–Crippen MR) is 120 cm³/mol.